The molecule has 2 aromatic rings. The molecule has 104 valence electrons. The molecule has 1 aromatic carbocycles. The van der Waals surface area contributed by atoms with Crippen LogP contribution in [0.3, 0.4) is 0 Å². The van der Waals surface area contributed by atoms with Crippen molar-refractivity contribution in [2.24, 2.45) is 5.73 Å². The van der Waals surface area contributed by atoms with Crippen LogP contribution in [0.2, 0.25) is 0 Å². The number of benzene rings is 1. The standard InChI is InChI=1S/C14H20FN3S/c1-3-8-18-12-6-4-5-10(15)13(12)17-14(18)11(16)7-9-19-2/h4-6,11H,3,7-9,16H2,1-2H3. The number of fused-ring (bicyclic) bond motifs is 1. The molecule has 0 aliphatic carbocycles. The number of nitrogens with zero attached hydrogens (tertiary/aromatic N) is 2. The first-order valence-electron chi connectivity index (χ1n) is 6.58. The third-order valence-corrected chi connectivity index (χ3v) is 3.81. The maximum atomic E-state index is 13.8. The van der Waals surface area contributed by atoms with Crippen LogP contribution >= 0.6 is 11.8 Å². The van der Waals surface area contributed by atoms with Crippen molar-refractivity contribution in [1.82, 2.24) is 9.55 Å². The summed E-state index contributed by atoms with van der Waals surface area (Å²) >= 11 is 1.76. The van der Waals surface area contributed by atoms with Crippen molar-refractivity contribution in [2.75, 3.05) is 12.0 Å². The molecule has 1 aromatic heterocycles. The number of nitrogens with two attached hydrogens (primary N) is 1. The van der Waals surface area contributed by atoms with Crippen molar-refractivity contribution >= 4 is 22.8 Å². The molecule has 0 saturated carbocycles. The van der Waals surface area contributed by atoms with E-state index in [9.17, 15) is 4.39 Å². The van der Waals surface area contributed by atoms with Gasteiger partial charge in [0.15, 0.2) is 5.82 Å². The second kappa shape index (κ2) is 6.39. The molecule has 0 amide bonds. The lowest BCUT2D eigenvalue weighted by molar-refractivity contribution is 0.578. The number of aromatic nitrogens is 2. The summed E-state index contributed by atoms with van der Waals surface area (Å²) < 4.78 is 15.9. The van der Waals surface area contributed by atoms with Gasteiger partial charge in [0.1, 0.15) is 11.3 Å². The summed E-state index contributed by atoms with van der Waals surface area (Å²) in [4.78, 5) is 4.44. The monoisotopic (exact) mass is 281 g/mol. The highest BCUT2D eigenvalue weighted by molar-refractivity contribution is 7.98. The second-order valence-electron chi connectivity index (χ2n) is 4.62. The molecule has 3 nitrogen and oxygen atoms in total. The molecule has 2 N–H and O–H groups in total. The Bertz CT molecular complexity index is 553. The Balaban J connectivity index is 2.46. The molecule has 0 aliphatic rings. The third-order valence-electron chi connectivity index (χ3n) is 3.17. The number of imidazole rings is 1. The van der Waals surface area contributed by atoms with Crippen LogP contribution in [0.1, 0.15) is 31.6 Å². The summed E-state index contributed by atoms with van der Waals surface area (Å²) in [6, 6.07) is 4.95. The van der Waals surface area contributed by atoms with Crippen LogP contribution in [0.25, 0.3) is 11.0 Å². The molecular weight excluding hydrogens is 261 g/mol. The molecule has 0 radical (unpaired) electrons. The molecule has 1 atom stereocenters. The highest BCUT2D eigenvalue weighted by Gasteiger charge is 2.18. The van der Waals surface area contributed by atoms with Gasteiger partial charge in [-0.1, -0.05) is 13.0 Å². The highest BCUT2D eigenvalue weighted by Crippen LogP contribution is 2.24. The fourth-order valence-corrected chi connectivity index (χ4v) is 2.74. The van der Waals surface area contributed by atoms with E-state index in [4.69, 9.17) is 5.73 Å². The van der Waals surface area contributed by atoms with Crippen LogP contribution in [0.5, 0.6) is 0 Å². The van der Waals surface area contributed by atoms with E-state index >= 15 is 0 Å². The number of hydrogen-bond acceptors (Lipinski definition) is 3. The summed E-state index contributed by atoms with van der Waals surface area (Å²) in [6.07, 6.45) is 3.89. The van der Waals surface area contributed by atoms with Gasteiger partial charge in [-0.25, -0.2) is 9.37 Å². The smallest absolute Gasteiger partial charge is 0.151 e. The van der Waals surface area contributed by atoms with E-state index in [0.717, 1.165) is 36.5 Å². The number of halogens is 1. The number of aryl methyl sites for hydroxylation is 1. The van der Waals surface area contributed by atoms with Crippen LogP contribution in [0.4, 0.5) is 4.39 Å². The van der Waals surface area contributed by atoms with Gasteiger partial charge in [0.25, 0.3) is 0 Å². The fourth-order valence-electron chi connectivity index (χ4n) is 2.25. The summed E-state index contributed by atoms with van der Waals surface area (Å²) in [7, 11) is 0. The number of thioether (sulfide) groups is 1. The Morgan fingerprint density at radius 2 is 2.26 bits per heavy atom. The highest BCUT2D eigenvalue weighted by atomic mass is 32.2. The first-order valence-corrected chi connectivity index (χ1v) is 7.97. The zero-order valence-corrected chi connectivity index (χ0v) is 12.2. The van der Waals surface area contributed by atoms with Crippen LogP contribution in [0, 0.1) is 5.82 Å². The van der Waals surface area contributed by atoms with Gasteiger partial charge >= 0.3 is 0 Å². The zero-order valence-electron chi connectivity index (χ0n) is 11.4. The number of rotatable bonds is 6. The maximum Gasteiger partial charge on any atom is 0.151 e. The number of hydrogen-bond donors (Lipinski definition) is 1. The molecule has 0 spiro atoms. The van der Waals surface area contributed by atoms with E-state index in [0.29, 0.717) is 5.52 Å². The van der Waals surface area contributed by atoms with Gasteiger partial charge in [0.05, 0.1) is 11.6 Å². The Hall–Kier alpha value is -1.07. The Kier molecular flexibility index (Phi) is 4.82. The maximum absolute atomic E-state index is 13.8. The van der Waals surface area contributed by atoms with Crippen LogP contribution < -0.4 is 5.73 Å². The van der Waals surface area contributed by atoms with Crippen LogP contribution in [-0.4, -0.2) is 21.6 Å². The number of para-hydroxylation sites is 1. The lowest BCUT2D eigenvalue weighted by Crippen LogP contribution is -2.17. The van der Waals surface area contributed by atoms with Crippen LogP contribution in [-0.2, 0) is 6.54 Å². The predicted molar refractivity (Wildman–Crippen MR) is 79.9 cm³/mol. The minimum atomic E-state index is -0.273. The quantitative estimate of drug-likeness (QED) is 0.883. The van der Waals surface area contributed by atoms with Gasteiger partial charge in [-0.05, 0) is 37.0 Å². The molecule has 0 fully saturated rings. The minimum Gasteiger partial charge on any atom is -0.327 e. The molecule has 2 rings (SSSR count). The first kappa shape index (κ1) is 14.3. The van der Waals surface area contributed by atoms with Gasteiger partial charge < -0.3 is 10.3 Å². The first-order chi connectivity index (χ1) is 9.19. The van der Waals surface area contributed by atoms with Gasteiger partial charge in [0.2, 0.25) is 0 Å². The molecule has 19 heavy (non-hydrogen) atoms. The third kappa shape index (κ3) is 2.92. The van der Waals surface area contributed by atoms with Crippen molar-refractivity contribution in [3.05, 3.63) is 29.8 Å². The fraction of sp³-hybridized carbons (Fsp3) is 0.500. The van der Waals surface area contributed by atoms with Crippen molar-refractivity contribution in [1.29, 1.82) is 0 Å². The van der Waals surface area contributed by atoms with Crippen molar-refractivity contribution in [2.45, 2.75) is 32.4 Å². The minimum absolute atomic E-state index is 0.134. The Morgan fingerprint density at radius 3 is 2.95 bits per heavy atom. The van der Waals surface area contributed by atoms with Crippen molar-refractivity contribution in [3.63, 3.8) is 0 Å². The summed E-state index contributed by atoms with van der Waals surface area (Å²) in [5.74, 6) is 1.51. The Morgan fingerprint density at radius 1 is 1.47 bits per heavy atom. The molecule has 1 unspecified atom stereocenters. The summed E-state index contributed by atoms with van der Waals surface area (Å²) in [5.41, 5.74) is 7.49. The van der Waals surface area contributed by atoms with E-state index in [2.05, 4.69) is 22.7 Å². The lowest BCUT2D eigenvalue weighted by Gasteiger charge is -2.13. The van der Waals surface area contributed by atoms with E-state index in [1.54, 1.807) is 17.8 Å². The molecule has 0 bridgehead atoms. The summed E-state index contributed by atoms with van der Waals surface area (Å²) in [5, 5.41) is 0. The summed E-state index contributed by atoms with van der Waals surface area (Å²) in [6.45, 7) is 2.92. The van der Waals surface area contributed by atoms with Gasteiger partial charge in [-0.2, -0.15) is 11.8 Å². The zero-order chi connectivity index (χ0) is 13.8. The van der Waals surface area contributed by atoms with Gasteiger partial charge in [0, 0.05) is 6.54 Å². The molecular formula is C14H20FN3S. The van der Waals surface area contributed by atoms with Crippen LogP contribution in [0.15, 0.2) is 18.2 Å². The molecule has 5 heteroatoms. The largest absolute Gasteiger partial charge is 0.327 e. The van der Waals surface area contributed by atoms with E-state index in [1.807, 2.05) is 6.07 Å². The molecule has 1 heterocycles. The second-order valence-corrected chi connectivity index (χ2v) is 5.60. The van der Waals surface area contributed by atoms with Crippen molar-refractivity contribution < 1.29 is 4.39 Å². The predicted octanol–water partition coefficient (Wildman–Crippen LogP) is 3.34. The average molecular weight is 281 g/mol. The van der Waals surface area contributed by atoms with E-state index in [1.165, 1.54) is 6.07 Å². The molecule has 0 saturated heterocycles. The van der Waals surface area contributed by atoms with E-state index < -0.39 is 0 Å². The topological polar surface area (TPSA) is 43.8 Å². The van der Waals surface area contributed by atoms with E-state index in [-0.39, 0.29) is 11.9 Å². The normalized spacial score (nSPS) is 13.1. The SMILES string of the molecule is CCCn1c(C(N)CCSC)nc2c(F)cccc21. The van der Waals surface area contributed by atoms with Crippen molar-refractivity contribution in [3.8, 4) is 0 Å². The van der Waals surface area contributed by atoms with Gasteiger partial charge in [-0.3, -0.25) is 0 Å². The average Bonchev–Trinajstić information content (AvgIpc) is 2.77. The Labute approximate surface area is 117 Å². The molecule has 0 aliphatic heterocycles. The van der Waals surface area contributed by atoms with Gasteiger partial charge in [-0.15, -0.1) is 0 Å². The lowest BCUT2D eigenvalue weighted by atomic mass is 10.2.